The van der Waals surface area contributed by atoms with E-state index in [4.69, 9.17) is 4.52 Å². The molecular weight excluding hydrogens is 202 g/mol. The third-order valence-electron chi connectivity index (χ3n) is 2.31. The van der Waals surface area contributed by atoms with Gasteiger partial charge in [-0.05, 0) is 38.5 Å². The molecule has 2 aromatic rings. The van der Waals surface area contributed by atoms with Crippen molar-refractivity contribution in [2.75, 3.05) is 5.32 Å². The Hall–Kier alpha value is -1.84. The Morgan fingerprint density at radius 1 is 1.31 bits per heavy atom. The Labute approximate surface area is 94.7 Å². The van der Waals surface area contributed by atoms with Crippen LogP contribution in [0.2, 0.25) is 0 Å². The fourth-order valence-electron chi connectivity index (χ4n) is 1.54. The smallest absolute Gasteiger partial charge is 0.248 e. The summed E-state index contributed by atoms with van der Waals surface area (Å²) in [5, 5.41) is 7.09. The zero-order chi connectivity index (χ0) is 11.5. The molecule has 0 aliphatic rings. The summed E-state index contributed by atoms with van der Waals surface area (Å²) in [4.78, 5) is 4.19. The fraction of sp³-hybridized carbons (Fsp3) is 0.333. The molecule has 16 heavy (non-hydrogen) atoms. The molecule has 2 rings (SSSR count). The Bertz CT molecular complexity index is 479. The molecule has 0 amide bonds. The van der Waals surface area contributed by atoms with Crippen LogP contribution in [0, 0.1) is 13.8 Å². The van der Waals surface area contributed by atoms with Gasteiger partial charge in [0.05, 0.1) is 0 Å². The number of benzene rings is 1. The highest BCUT2D eigenvalue weighted by Gasteiger charge is 2.12. The summed E-state index contributed by atoms with van der Waals surface area (Å²) in [6.07, 6.45) is 0. The van der Waals surface area contributed by atoms with Crippen molar-refractivity contribution in [1.82, 2.24) is 10.1 Å². The number of nitrogens with one attached hydrogen (secondary N) is 1. The minimum Gasteiger partial charge on any atom is -0.374 e. The Kier molecular flexibility index (Phi) is 2.90. The first-order valence-electron chi connectivity index (χ1n) is 5.28. The number of anilines is 1. The largest absolute Gasteiger partial charge is 0.374 e. The van der Waals surface area contributed by atoms with Crippen molar-refractivity contribution in [3.05, 3.63) is 41.5 Å². The second kappa shape index (κ2) is 4.35. The van der Waals surface area contributed by atoms with E-state index in [0.29, 0.717) is 11.7 Å². The normalized spacial score (nSPS) is 12.4. The summed E-state index contributed by atoms with van der Waals surface area (Å²) in [6, 6.07) is 8.20. The van der Waals surface area contributed by atoms with Crippen LogP contribution in [0.15, 0.2) is 28.8 Å². The molecule has 1 N–H and O–H groups in total. The van der Waals surface area contributed by atoms with Crippen molar-refractivity contribution < 1.29 is 4.52 Å². The standard InChI is InChI=1S/C12H15N3O/c1-8-5-4-6-11(7-8)13-9(2)12-14-10(3)15-16-12/h4-7,9,13H,1-3H3. The van der Waals surface area contributed by atoms with Gasteiger partial charge in [-0.3, -0.25) is 0 Å². The van der Waals surface area contributed by atoms with Gasteiger partial charge in [-0.25, -0.2) is 0 Å². The number of aryl methyl sites for hydroxylation is 2. The van der Waals surface area contributed by atoms with Crippen molar-refractivity contribution in [1.29, 1.82) is 0 Å². The maximum Gasteiger partial charge on any atom is 0.248 e. The van der Waals surface area contributed by atoms with E-state index in [1.54, 1.807) is 0 Å². The average Bonchev–Trinajstić information content (AvgIpc) is 2.65. The van der Waals surface area contributed by atoms with Crippen LogP contribution in [-0.4, -0.2) is 10.1 Å². The minimum atomic E-state index is 0.0167. The number of hydrogen-bond donors (Lipinski definition) is 1. The lowest BCUT2D eigenvalue weighted by molar-refractivity contribution is 0.364. The molecule has 0 radical (unpaired) electrons. The third-order valence-corrected chi connectivity index (χ3v) is 2.31. The Morgan fingerprint density at radius 3 is 2.75 bits per heavy atom. The van der Waals surface area contributed by atoms with E-state index in [1.165, 1.54) is 5.56 Å². The van der Waals surface area contributed by atoms with Gasteiger partial charge in [0.25, 0.3) is 0 Å². The second-order valence-corrected chi connectivity index (χ2v) is 3.92. The summed E-state index contributed by atoms with van der Waals surface area (Å²) in [5.74, 6) is 1.27. The zero-order valence-corrected chi connectivity index (χ0v) is 9.69. The Balaban J connectivity index is 2.10. The zero-order valence-electron chi connectivity index (χ0n) is 9.69. The number of hydrogen-bond acceptors (Lipinski definition) is 4. The van der Waals surface area contributed by atoms with Gasteiger partial charge in [-0.2, -0.15) is 4.98 Å². The quantitative estimate of drug-likeness (QED) is 0.858. The lowest BCUT2D eigenvalue weighted by Gasteiger charge is -2.11. The molecule has 0 fully saturated rings. The molecule has 4 nitrogen and oxygen atoms in total. The van der Waals surface area contributed by atoms with Crippen molar-refractivity contribution >= 4 is 5.69 Å². The van der Waals surface area contributed by atoms with Crippen LogP contribution in [0.1, 0.15) is 30.2 Å². The molecule has 84 valence electrons. The second-order valence-electron chi connectivity index (χ2n) is 3.92. The van der Waals surface area contributed by atoms with Crippen LogP contribution >= 0.6 is 0 Å². The van der Waals surface area contributed by atoms with Crippen LogP contribution in [0.4, 0.5) is 5.69 Å². The number of nitrogens with zero attached hydrogens (tertiary/aromatic N) is 2. The maximum atomic E-state index is 5.10. The van der Waals surface area contributed by atoms with E-state index in [0.717, 1.165) is 5.69 Å². The van der Waals surface area contributed by atoms with Gasteiger partial charge in [-0.15, -0.1) is 0 Å². The highest BCUT2D eigenvalue weighted by molar-refractivity contribution is 5.46. The molecular formula is C12H15N3O. The van der Waals surface area contributed by atoms with E-state index in [9.17, 15) is 0 Å². The SMILES string of the molecule is Cc1cccc(NC(C)c2nc(C)no2)c1. The van der Waals surface area contributed by atoms with E-state index < -0.39 is 0 Å². The molecule has 0 spiro atoms. The molecule has 0 saturated heterocycles. The van der Waals surface area contributed by atoms with Crippen molar-refractivity contribution in [3.8, 4) is 0 Å². The van der Waals surface area contributed by atoms with Crippen LogP contribution in [0.3, 0.4) is 0 Å². The number of rotatable bonds is 3. The molecule has 1 atom stereocenters. The van der Waals surface area contributed by atoms with Crippen LogP contribution < -0.4 is 5.32 Å². The fourth-order valence-corrected chi connectivity index (χ4v) is 1.54. The minimum absolute atomic E-state index is 0.0167. The molecule has 0 aliphatic carbocycles. The highest BCUT2D eigenvalue weighted by Crippen LogP contribution is 2.18. The molecule has 0 saturated carbocycles. The van der Waals surface area contributed by atoms with Crippen LogP contribution in [0.5, 0.6) is 0 Å². The summed E-state index contributed by atoms with van der Waals surface area (Å²) in [5.41, 5.74) is 2.28. The van der Waals surface area contributed by atoms with Crippen LogP contribution in [-0.2, 0) is 0 Å². The van der Waals surface area contributed by atoms with Gasteiger partial charge < -0.3 is 9.84 Å². The molecule has 1 heterocycles. The first-order chi connectivity index (χ1) is 7.65. The molecule has 0 bridgehead atoms. The van der Waals surface area contributed by atoms with E-state index >= 15 is 0 Å². The maximum absolute atomic E-state index is 5.10. The van der Waals surface area contributed by atoms with Crippen molar-refractivity contribution in [2.45, 2.75) is 26.8 Å². The summed E-state index contributed by atoms with van der Waals surface area (Å²) in [7, 11) is 0. The third kappa shape index (κ3) is 2.39. The first-order valence-corrected chi connectivity index (χ1v) is 5.28. The summed E-state index contributed by atoms with van der Waals surface area (Å²) in [6.45, 7) is 5.87. The Morgan fingerprint density at radius 2 is 2.12 bits per heavy atom. The van der Waals surface area contributed by atoms with Gasteiger partial charge >= 0.3 is 0 Å². The summed E-state index contributed by atoms with van der Waals surface area (Å²) >= 11 is 0. The highest BCUT2D eigenvalue weighted by atomic mass is 16.5. The van der Waals surface area contributed by atoms with Crippen molar-refractivity contribution in [3.63, 3.8) is 0 Å². The van der Waals surface area contributed by atoms with Gasteiger partial charge in [0.2, 0.25) is 5.89 Å². The molecule has 1 aromatic heterocycles. The van der Waals surface area contributed by atoms with Gasteiger partial charge in [0.15, 0.2) is 5.82 Å². The summed E-state index contributed by atoms with van der Waals surface area (Å²) < 4.78 is 5.10. The van der Waals surface area contributed by atoms with Gasteiger partial charge in [0, 0.05) is 5.69 Å². The lowest BCUT2D eigenvalue weighted by Crippen LogP contribution is -2.07. The van der Waals surface area contributed by atoms with E-state index in [-0.39, 0.29) is 6.04 Å². The lowest BCUT2D eigenvalue weighted by atomic mass is 10.2. The monoisotopic (exact) mass is 217 g/mol. The predicted molar refractivity (Wildman–Crippen MR) is 62.3 cm³/mol. The van der Waals surface area contributed by atoms with Crippen molar-refractivity contribution in [2.24, 2.45) is 0 Å². The molecule has 1 unspecified atom stereocenters. The molecule has 4 heteroatoms. The first kappa shape index (κ1) is 10.7. The van der Waals surface area contributed by atoms with Gasteiger partial charge in [-0.1, -0.05) is 17.3 Å². The average molecular weight is 217 g/mol. The van der Waals surface area contributed by atoms with Gasteiger partial charge in [0.1, 0.15) is 6.04 Å². The molecule has 0 aliphatic heterocycles. The molecule has 1 aromatic carbocycles. The predicted octanol–water partition coefficient (Wildman–Crippen LogP) is 2.86. The number of aromatic nitrogens is 2. The van der Waals surface area contributed by atoms with Crippen LogP contribution in [0.25, 0.3) is 0 Å². The van der Waals surface area contributed by atoms with E-state index in [2.05, 4.69) is 34.5 Å². The van der Waals surface area contributed by atoms with E-state index in [1.807, 2.05) is 26.0 Å². The topological polar surface area (TPSA) is 51.0 Å².